The molecule has 13 heavy (non-hydrogen) atoms. The summed E-state index contributed by atoms with van der Waals surface area (Å²) in [5.41, 5.74) is 1.08. The fourth-order valence-electron chi connectivity index (χ4n) is 1.25. The van der Waals surface area contributed by atoms with Gasteiger partial charge in [-0.25, -0.2) is 4.79 Å². The van der Waals surface area contributed by atoms with Crippen molar-refractivity contribution in [2.24, 2.45) is 4.99 Å². The number of benzene rings is 1. The number of aliphatic imine (C=N–C) groups is 1. The van der Waals surface area contributed by atoms with Gasteiger partial charge < -0.3 is 4.74 Å². The van der Waals surface area contributed by atoms with Crippen molar-refractivity contribution in [2.75, 3.05) is 6.61 Å². The average molecular weight is 175 g/mol. The molecular formula is C10H9NO2. The molecule has 0 saturated heterocycles. The van der Waals surface area contributed by atoms with Gasteiger partial charge in [0.1, 0.15) is 18.9 Å². The van der Waals surface area contributed by atoms with E-state index in [1.807, 2.05) is 30.3 Å². The molecule has 0 aromatic heterocycles. The topological polar surface area (TPSA) is 38.7 Å². The number of hydrogen-bond donors (Lipinski definition) is 0. The number of esters is 1. The van der Waals surface area contributed by atoms with Gasteiger partial charge in [-0.2, -0.15) is 0 Å². The minimum atomic E-state index is -0.354. The largest absolute Gasteiger partial charge is 0.459 e. The molecule has 3 heteroatoms. The van der Waals surface area contributed by atoms with E-state index in [1.165, 1.54) is 6.21 Å². The van der Waals surface area contributed by atoms with Crippen LogP contribution in [0.3, 0.4) is 0 Å². The van der Waals surface area contributed by atoms with Crippen molar-refractivity contribution < 1.29 is 9.53 Å². The number of rotatable bonds is 1. The molecule has 1 aromatic carbocycles. The van der Waals surface area contributed by atoms with Crippen LogP contribution in [0.1, 0.15) is 11.6 Å². The van der Waals surface area contributed by atoms with E-state index in [1.54, 1.807) is 0 Å². The highest BCUT2D eigenvalue weighted by atomic mass is 16.5. The Balaban J connectivity index is 2.20. The normalized spacial score (nSPS) is 21.2. The highest BCUT2D eigenvalue weighted by Gasteiger charge is 2.15. The molecule has 2 rings (SSSR count). The first-order valence-electron chi connectivity index (χ1n) is 4.11. The van der Waals surface area contributed by atoms with E-state index in [2.05, 4.69) is 4.99 Å². The summed E-state index contributed by atoms with van der Waals surface area (Å²) in [6.45, 7) is 0.347. The van der Waals surface area contributed by atoms with Crippen LogP contribution in [0, 0.1) is 0 Å². The molecule has 0 amide bonds. The predicted octanol–water partition coefficient (Wildman–Crippen LogP) is 1.36. The van der Waals surface area contributed by atoms with Crippen LogP contribution in [-0.2, 0) is 9.53 Å². The predicted molar refractivity (Wildman–Crippen MR) is 48.6 cm³/mol. The van der Waals surface area contributed by atoms with Crippen LogP contribution in [0.15, 0.2) is 35.3 Å². The van der Waals surface area contributed by atoms with Crippen LogP contribution in [-0.4, -0.2) is 18.8 Å². The summed E-state index contributed by atoms with van der Waals surface area (Å²) in [5.74, 6) is -0.354. The number of cyclic esters (lactones) is 1. The molecule has 1 unspecified atom stereocenters. The zero-order valence-corrected chi connectivity index (χ0v) is 7.01. The minimum absolute atomic E-state index is 0.0288. The zero-order valence-electron chi connectivity index (χ0n) is 7.01. The Morgan fingerprint density at radius 1 is 1.31 bits per heavy atom. The lowest BCUT2D eigenvalue weighted by atomic mass is 10.1. The van der Waals surface area contributed by atoms with Gasteiger partial charge in [0, 0.05) is 0 Å². The second-order valence-corrected chi connectivity index (χ2v) is 2.83. The lowest BCUT2D eigenvalue weighted by Crippen LogP contribution is -2.18. The summed E-state index contributed by atoms with van der Waals surface area (Å²) in [4.78, 5) is 14.7. The second kappa shape index (κ2) is 3.39. The van der Waals surface area contributed by atoms with Gasteiger partial charge >= 0.3 is 5.97 Å². The second-order valence-electron chi connectivity index (χ2n) is 2.83. The van der Waals surface area contributed by atoms with Gasteiger partial charge in [0.05, 0.1) is 0 Å². The van der Waals surface area contributed by atoms with Crippen molar-refractivity contribution >= 4 is 12.2 Å². The van der Waals surface area contributed by atoms with Crippen LogP contribution < -0.4 is 0 Å². The van der Waals surface area contributed by atoms with Crippen LogP contribution in [0.4, 0.5) is 0 Å². The maximum absolute atomic E-state index is 10.7. The molecule has 66 valence electrons. The lowest BCUT2D eigenvalue weighted by Gasteiger charge is -2.15. The Morgan fingerprint density at radius 2 is 2.08 bits per heavy atom. The molecule has 0 saturated carbocycles. The first kappa shape index (κ1) is 7.98. The molecule has 1 atom stereocenters. The standard InChI is InChI=1S/C10H9NO2/c12-10-6-11-9(7-13-10)8-4-2-1-3-5-8/h1-6,9H,7H2. The van der Waals surface area contributed by atoms with Crippen molar-refractivity contribution in [1.82, 2.24) is 0 Å². The first-order chi connectivity index (χ1) is 6.36. The summed E-state index contributed by atoms with van der Waals surface area (Å²) in [5, 5.41) is 0. The van der Waals surface area contributed by atoms with Gasteiger partial charge in [-0.3, -0.25) is 4.99 Å². The Morgan fingerprint density at radius 3 is 2.69 bits per heavy atom. The van der Waals surface area contributed by atoms with Crippen molar-refractivity contribution in [3.05, 3.63) is 35.9 Å². The fourth-order valence-corrected chi connectivity index (χ4v) is 1.25. The Labute approximate surface area is 76.1 Å². The smallest absolute Gasteiger partial charge is 0.349 e. The van der Waals surface area contributed by atoms with Crippen molar-refractivity contribution in [1.29, 1.82) is 0 Å². The van der Waals surface area contributed by atoms with Crippen molar-refractivity contribution in [3.63, 3.8) is 0 Å². The van der Waals surface area contributed by atoms with Crippen LogP contribution in [0.5, 0.6) is 0 Å². The van der Waals surface area contributed by atoms with Gasteiger partial charge in [-0.15, -0.1) is 0 Å². The van der Waals surface area contributed by atoms with E-state index >= 15 is 0 Å². The van der Waals surface area contributed by atoms with Crippen LogP contribution in [0.25, 0.3) is 0 Å². The highest BCUT2D eigenvalue weighted by Crippen LogP contribution is 2.18. The molecular weight excluding hydrogens is 166 g/mol. The van der Waals surface area contributed by atoms with E-state index in [0.717, 1.165) is 5.56 Å². The molecule has 1 heterocycles. The third-order valence-electron chi connectivity index (χ3n) is 1.93. The molecule has 0 N–H and O–H groups in total. The number of carbonyl (C=O) groups is 1. The average Bonchev–Trinajstić information content (AvgIpc) is 2.20. The van der Waals surface area contributed by atoms with Crippen LogP contribution in [0.2, 0.25) is 0 Å². The molecule has 1 aromatic rings. The van der Waals surface area contributed by atoms with E-state index in [0.29, 0.717) is 6.61 Å². The van der Waals surface area contributed by atoms with Crippen LogP contribution >= 0.6 is 0 Å². The third kappa shape index (κ3) is 1.75. The van der Waals surface area contributed by atoms with Gasteiger partial charge in [-0.1, -0.05) is 30.3 Å². The highest BCUT2D eigenvalue weighted by molar-refractivity contribution is 6.23. The Bertz CT molecular complexity index is 332. The maximum Gasteiger partial charge on any atom is 0.349 e. The summed E-state index contributed by atoms with van der Waals surface area (Å²) >= 11 is 0. The van der Waals surface area contributed by atoms with Crippen molar-refractivity contribution in [2.45, 2.75) is 6.04 Å². The van der Waals surface area contributed by atoms with E-state index in [9.17, 15) is 4.79 Å². The first-order valence-corrected chi connectivity index (χ1v) is 4.11. The van der Waals surface area contributed by atoms with E-state index < -0.39 is 0 Å². The van der Waals surface area contributed by atoms with E-state index in [-0.39, 0.29) is 12.0 Å². The summed E-state index contributed by atoms with van der Waals surface area (Å²) < 4.78 is 4.86. The summed E-state index contributed by atoms with van der Waals surface area (Å²) in [6.07, 6.45) is 1.24. The molecule has 0 aliphatic carbocycles. The maximum atomic E-state index is 10.7. The molecule has 0 fully saturated rings. The van der Waals surface area contributed by atoms with E-state index in [4.69, 9.17) is 4.74 Å². The third-order valence-corrected chi connectivity index (χ3v) is 1.93. The number of carbonyl (C=O) groups excluding carboxylic acids is 1. The molecule has 1 aliphatic heterocycles. The number of hydrogen-bond acceptors (Lipinski definition) is 3. The Kier molecular flexibility index (Phi) is 2.08. The summed E-state index contributed by atoms with van der Waals surface area (Å²) in [6, 6.07) is 9.76. The van der Waals surface area contributed by atoms with Gasteiger partial charge in [0.2, 0.25) is 0 Å². The summed E-state index contributed by atoms with van der Waals surface area (Å²) in [7, 11) is 0. The molecule has 0 radical (unpaired) electrons. The minimum Gasteiger partial charge on any atom is -0.459 e. The number of ether oxygens (including phenoxy) is 1. The monoisotopic (exact) mass is 175 g/mol. The van der Waals surface area contributed by atoms with Crippen molar-refractivity contribution in [3.8, 4) is 0 Å². The molecule has 0 spiro atoms. The molecule has 3 nitrogen and oxygen atoms in total. The quantitative estimate of drug-likeness (QED) is 0.604. The fraction of sp³-hybridized carbons (Fsp3) is 0.200. The molecule has 0 bridgehead atoms. The lowest BCUT2D eigenvalue weighted by molar-refractivity contribution is -0.136. The zero-order chi connectivity index (χ0) is 9.10. The molecule has 1 aliphatic rings. The van der Waals surface area contributed by atoms with Gasteiger partial charge in [-0.05, 0) is 5.56 Å². The van der Waals surface area contributed by atoms with Gasteiger partial charge in [0.15, 0.2) is 0 Å². The van der Waals surface area contributed by atoms with Gasteiger partial charge in [0.25, 0.3) is 0 Å². The Hall–Kier alpha value is -1.64. The SMILES string of the molecule is O=C1C=NC(c2ccccc2)CO1. The number of nitrogens with zero attached hydrogens (tertiary/aromatic N) is 1.